The number of likely N-dealkylation sites (tertiary alicyclic amines) is 1. The van der Waals surface area contributed by atoms with Gasteiger partial charge in [-0.1, -0.05) is 17.7 Å². The van der Waals surface area contributed by atoms with Crippen LogP contribution in [0, 0.1) is 6.92 Å². The molecule has 2 heterocycles. The van der Waals surface area contributed by atoms with Crippen LogP contribution in [0.5, 0.6) is 5.75 Å². The Morgan fingerprint density at radius 1 is 1.03 bits per heavy atom. The summed E-state index contributed by atoms with van der Waals surface area (Å²) in [5.41, 5.74) is 3.93. The predicted octanol–water partition coefficient (Wildman–Crippen LogP) is 4.52. The minimum absolute atomic E-state index is 0.0523. The lowest BCUT2D eigenvalue weighted by Crippen LogP contribution is -2.39. The topological polar surface area (TPSA) is 73.7 Å². The van der Waals surface area contributed by atoms with E-state index in [-0.39, 0.29) is 11.9 Å². The van der Waals surface area contributed by atoms with Crippen molar-refractivity contribution in [3.05, 3.63) is 71.4 Å². The van der Waals surface area contributed by atoms with Gasteiger partial charge in [0.15, 0.2) is 5.69 Å². The Morgan fingerprint density at radius 2 is 1.70 bits per heavy atom. The fourth-order valence-electron chi connectivity index (χ4n) is 4.15. The second-order valence-electron chi connectivity index (χ2n) is 8.20. The number of carbonyl (C=O) groups is 2. The SMILES string of the molecule is CCOC(=O)c1cc(-c2ccc(OC)cc2)n(C2CCN(C(=O)c3ccc(C)cc3)CC2)n1. The molecule has 4 rings (SSSR count). The molecule has 1 aliphatic rings. The highest BCUT2D eigenvalue weighted by molar-refractivity contribution is 5.94. The van der Waals surface area contributed by atoms with E-state index in [9.17, 15) is 9.59 Å². The van der Waals surface area contributed by atoms with Gasteiger partial charge >= 0.3 is 5.97 Å². The zero-order chi connectivity index (χ0) is 23.4. The minimum atomic E-state index is -0.432. The van der Waals surface area contributed by atoms with Crippen LogP contribution in [-0.2, 0) is 4.74 Å². The van der Waals surface area contributed by atoms with E-state index in [4.69, 9.17) is 9.47 Å². The normalized spacial score (nSPS) is 14.2. The molecule has 0 saturated carbocycles. The molecule has 0 bridgehead atoms. The average Bonchev–Trinajstić information content (AvgIpc) is 3.30. The highest BCUT2D eigenvalue weighted by Gasteiger charge is 2.28. The first-order chi connectivity index (χ1) is 16.0. The maximum absolute atomic E-state index is 12.9. The summed E-state index contributed by atoms with van der Waals surface area (Å²) < 4.78 is 12.4. The van der Waals surface area contributed by atoms with E-state index in [1.54, 1.807) is 20.1 Å². The Bertz CT molecular complexity index is 1110. The van der Waals surface area contributed by atoms with Crippen LogP contribution in [-0.4, -0.2) is 53.4 Å². The third kappa shape index (κ3) is 4.92. The van der Waals surface area contributed by atoms with Crippen LogP contribution in [0.2, 0.25) is 0 Å². The number of amides is 1. The van der Waals surface area contributed by atoms with Crippen LogP contribution < -0.4 is 4.74 Å². The number of nitrogens with zero attached hydrogens (tertiary/aromatic N) is 3. The first-order valence-electron chi connectivity index (χ1n) is 11.3. The van der Waals surface area contributed by atoms with Crippen LogP contribution in [0.3, 0.4) is 0 Å². The molecule has 0 radical (unpaired) electrons. The van der Waals surface area contributed by atoms with E-state index in [2.05, 4.69) is 5.10 Å². The molecule has 0 spiro atoms. The fourth-order valence-corrected chi connectivity index (χ4v) is 4.15. The second-order valence-corrected chi connectivity index (χ2v) is 8.20. The molecule has 7 heteroatoms. The number of rotatable bonds is 6. The smallest absolute Gasteiger partial charge is 0.358 e. The highest BCUT2D eigenvalue weighted by atomic mass is 16.5. The number of ether oxygens (including phenoxy) is 2. The number of methoxy groups -OCH3 is 1. The van der Waals surface area contributed by atoms with Crippen molar-refractivity contribution in [2.75, 3.05) is 26.8 Å². The number of carbonyl (C=O) groups excluding carboxylic acids is 2. The van der Waals surface area contributed by atoms with E-state index in [1.807, 2.05) is 65.0 Å². The Labute approximate surface area is 193 Å². The molecule has 0 N–H and O–H groups in total. The predicted molar refractivity (Wildman–Crippen MR) is 126 cm³/mol. The summed E-state index contributed by atoms with van der Waals surface area (Å²) in [6.45, 7) is 5.35. The van der Waals surface area contributed by atoms with E-state index in [0.29, 0.717) is 31.0 Å². The molecule has 1 aromatic heterocycles. The van der Waals surface area contributed by atoms with Crippen molar-refractivity contribution in [1.29, 1.82) is 0 Å². The Morgan fingerprint density at radius 3 is 2.30 bits per heavy atom. The summed E-state index contributed by atoms with van der Waals surface area (Å²) in [5.74, 6) is 0.382. The zero-order valence-electron chi connectivity index (χ0n) is 19.3. The van der Waals surface area contributed by atoms with Gasteiger partial charge in [0.1, 0.15) is 5.75 Å². The lowest BCUT2D eigenvalue weighted by Gasteiger charge is -2.33. The first kappa shape index (κ1) is 22.6. The van der Waals surface area contributed by atoms with Gasteiger partial charge in [-0.05, 0) is 69.2 Å². The van der Waals surface area contributed by atoms with Crippen LogP contribution >= 0.6 is 0 Å². The molecule has 7 nitrogen and oxygen atoms in total. The summed E-state index contributed by atoms with van der Waals surface area (Å²) >= 11 is 0. The van der Waals surface area contributed by atoms with Crippen LogP contribution in [0.1, 0.15) is 52.2 Å². The van der Waals surface area contributed by atoms with Gasteiger partial charge in [0, 0.05) is 24.2 Å². The van der Waals surface area contributed by atoms with E-state index in [1.165, 1.54) is 0 Å². The molecule has 1 amide bonds. The van der Waals surface area contributed by atoms with Crippen LogP contribution in [0.25, 0.3) is 11.3 Å². The number of aryl methyl sites for hydroxylation is 1. The van der Waals surface area contributed by atoms with Gasteiger partial charge in [-0.15, -0.1) is 0 Å². The number of hydrogen-bond donors (Lipinski definition) is 0. The Hall–Kier alpha value is -3.61. The maximum atomic E-state index is 12.9. The number of hydrogen-bond acceptors (Lipinski definition) is 5. The summed E-state index contributed by atoms with van der Waals surface area (Å²) in [4.78, 5) is 27.2. The van der Waals surface area contributed by atoms with Crippen molar-refractivity contribution in [2.45, 2.75) is 32.7 Å². The molecule has 33 heavy (non-hydrogen) atoms. The average molecular weight is 448 g/mol. The van der Waals surface area contributed by atoms with E-state index >= 15 is 0 Å². The Balaban J connectivity index is 1.55. The molecular weight excluding hydrogens is 418 g/mol. The van der Waals surface area contributed by atoms with E-state index < -0.39 is 5.97 Å². The van der Waals surface area contributed by atoms with Gasteiger partial charge in [0.25, 0.3) is 5.91 Å². The summed E-state index contributed by atoms with van der Waals surface area (Å²) in [7, 11) is 1.63. The quantitative estimate of drug-likeness (QED) is 0.520. The minimum Gasteiger partial charge on any atom is -0.497 e. The monoisotopic (exact) mass is 447 g/mol. The third-order valence-corrected chi connectivity index (χ3v) is 6.00. The lowest BCUT2D eigenvalue weighted by atomic mass is 10.0. The molecule has 1 fully saturated rings. The molecule has 0 unspecified atom stereocenters. The fraction of sp³-hybridized carbons (Fsp3) is 0.346. The number of piperidine rings is 1. The summed E-state index contributed by atoms with van der Waals surface area (Å²) in [6, 6.07) is 17.2. The molecule has 0 aliphatic carbocycles. The molecule has 1 saturated heterocycles. The number of aromatic nitrogens is 2. The molecule has 3 aromatic rings. The molecule has 1 aliphatic heterocycles. The molecular formula is C26H29N3O4. The van der Waals surface area contributed by atoms with Gasteiger partial charge < -0.3 is 14.4 Å². The van der Waals surface area contributed by atoms with Crippen LogP contribution in [0.4, 0.5) is 0 Å². The van der Waals surface area contributed by atoms with Crippen molar-refractivity contribution >= 4 is 11.9 Å². The largest absolute Gasteiger partial charge is 0.497 e. The number of esters is 1. The van der Waals surface area contributed by atoms with Gasteiger partial charge in [-0.3, -0.25) is 9.48 Å². The summed E-state index contributed by atoms with van der Waals surface area (Å²) in [5, 5.41) is 4.62. The number of benzene rings is 2. The van der Waals surface area contributed by atoms with Gasteiger partial charge in [-0.2, -0.15) is 5.10 Å². The lowest BCUT2D eigenvalue weighted by molar-refractivity contribution is 0.0517. The second kappa shape index (κ2) is 9.90. The van der Waals surface area contributed by atoms with Gasteiger partial charge in [-0.25, -0.2) is 4.79 Å². The molecule has 0 atom stereocenters. The van der Waals surface area contributed by atoms with Crippen molar-refractivity contribution < 1.29 is 19.1 Å². The van der Waals surface area contributed by atoms with Crippen LogP contribution in [0.15, 0.2) is 54.6 Å². The van der Waals surface area contributed by atoms with Crippen molar-refractivity contribution in [3.8, 4) is 17.0 Å². The zero-order valence-corrected chi connectivity index (χ0v) is 19.3. The van der Waals surface area contributed by atoms with Gasteiger partial charge in [0.2, 0.25) is 0 Å². The third-order valence-electron chi connectivity index (χ3n) is 6.00. The van der Waals surface area contributed by atoms with Crippen molar-refractivity contribution in [1.82, 2.24) is 14.7 Å². The summed E-state index contributed by atoms with van der Waals surface area (Å²) in [6.07, 6.45) is 1.51. The maximum Gasteiger partial charge on any atom is 0.358 e. The van der Waals surface area contributed by atoms with Crippen molar-refractivity contribution in [3.63, 3.8) is 0 Å². The molecule has 2 aromatic carbocycles. The highest BCUT2D eigenvalue weighted by Crippen LogP contribution is 2.31. The van der Waals surface area contributed by atoms with Gasteiger partial charge in [0.05, 0.1) is 25.5 Å². The standard InChI is InChI=1S/C26H29N3O4/c1-4-33-26(31)23-17-24(19-9-11-22(32-3)12-10-19)29(27-23)21-13-15-28(16-14-21)25(30)20-7-5-18(2)6-8-20/h5-12,17,21H,4,13-16H2,1-3H3. The Kier molecular flexibility index (Phi) is 6.77. The molecule has 172 valence electrons. The first-order valence-corrected chi connectivity index (χ1v) is 11.3. The van der Waals surface area contributed by atoms with Crippen molar-refractivity contribution in [2.24, 2.45) is 0 Å². The van der Waals surface area contributed by atoms with E-state index in [0.717, 1.165) is 35.4 Å².